The van der Waals surface area contributed by atoms with Gasteiger partial charge >= 0.3 is 0 Å². The second kappa shape index (κ2) is 13.9. The molecule has 1 aliphatic rings. The van der Waals surface area contributed by atoms with Crippen molar-refractivity contribution in [2.24, 2.45) is 0 Å². The van der Waals surface area contributed by atoms with Gasteiger partial charge in [-0.3, -0.25) is 0 Å². The molecule has 6 nitrogen and oxygen atoms in total. The first-order valence-corrected chi connectivity index (χ1v) is 12.0. The molecule has 0 unspecified atom stereocenters. The van der Waals surface area contributed by atoms with Crippen molar-refractivity contribution in [3.05, 3.63) is 72.3 Å². The fourth-order valence-electron chi connectivity index (χ4n) is 3.71. The topological polar surface area (TPSA) is 55.4 Å². The summed E-state index contributed by atoms with van der Waals surface area (Å²) in [6, 6.07) is 16.1. The molecule has 3 aromatic rings. The molecule has 0 fully saturated rings. The molecule has 1 heterocycles. The second-order valence-corrected chi connectivity index (χ2v) is 8.00. The Kier molecular flexibility index (Phi) is 10.0. The van der Waals surface area contributed by atoms with Crippen molar-refractivity contribution < 1.29 is 37.2 Å². The predicted molar refractivity (Wildman–Crippen MR) is 131 cm³/mol. The summed E-state index contributed by atoms with van der Waals surface area (Å²) < 4.78 is 61.5. The standard InChI is InChI=1S/C28H30F2O6/c29-23-5-1-21(2-6-23)25-19-27-28(20-26(25)22-3-7-24(30)8-4-22)36-18-16-34-14-12-32-10-9-31-11-13-33-15-17-35-27/h1-8,19-20H,9-18H2. The highest BCUT2D eigenvalue weighted by Gasteiger charge is 2.16. The lowest BCUT2D eigenvalue weighted by molar-refractivity contribution is -0.00841. The highest BCUT2D eigenvalue weighted by atomic mass is 19.1. The molecule has 0 saturated carbocycles. The molecule has 4 rings (SSSR count). The Morgan fingerprint density at radius 1 is 0.417 bits per heavy atom. The van der Waals surface area contributed by atoms with Crippen LogP contribution in [0.25, 0.3) is 22.3 Å². The monoisotopic (exact) mass is 500 g/mol. The number of hydrogen-bond donors (Lipinski definition) is 0. The maximum absolute atomic E-state index is 13.6. The molecule has 0 atom stereocenters. The van der Waals surface area contributed by atoms with Crippen LogP contribution in [0.4, 0.5) is 8.78 Å². The van der Waals surface area contributed by atoms with Gasteiger partial charge in [-0.15, -0.1) is 0 Å². The quantitative estimate of drug-likeness (QED) is 0.486. The predicted octanol–water partition coefficient (Wildman–Crippen LogP) is 5.14. The molecule has 0 amide bonds. The Balaban J connectivity index is 1.64. The SMILES string of the molecule is Fc1ccc(-c2cc3c(cc2-c2ccc(F)cc2)OCCOCCOCCOCCOCCO3)cc1. The molecule has 0 saturated heterocycles. The van der Waals surface area contributed by atoms with Gasteiger partial charge in [0, 0.05) is 0 Å². The maximum atomic E-state index is 13.6. The number of halogens is 2. The van der Waals surface area contributed by atoms with Crippen molar-refractivity contribution in [3.63, 3.8) is 0 Å². The van der Waals surface area contributed by atoms with E-state index in [2.05, 4.69) is 0 Å². The van der Waals surface area contributed by atoms with Gasteiger partial charge in [0.15, 0.2) is 11.5 Å². The van der Waals surface area contributed by atoms with Crippen molar-refractivity contribution >= 4 is 0 Å². The normalized spacial score (nSPS) is 16.6. The van der Waals surface area contributed by atoms with Crippen molar-refractivity contribution in [3.8, 4) is 33.8 Å². The van der Waals surface area contributed by atoms with Crippen molar-refractivity contribution in [1.29, 1.82) is 0 Å². The first-order chi connectivity index (χ1) is 17.7. The third kappa shape index (κ3) is 7.73. The van der Waals surface area contributed by atoms with Gasteiger partial charge in [-0.2, -0.15) is 0 Å². The fraction of sp³-hybridized carbons (Fsp3) is 0.357. The van der Waals surface area contributed by atoms with Crippen LogP contribution in [0.3, 0.4) is 0 Å². The minimum atomic E-state index is -0.329. The van der Waals surface area contributed by atoms with Crippen LogP contribution in [0.1, 0.15) is 0 Å². The third-order valence-electron chi connectivity index (χ3n) is 5.48. The zero-order valence-corrected chi connectivity index (χ0v) is 20.0. The van der Waals surface area contributed by atoms with E-state index >= 15 is 0 Å². The molecular weight excluding hydrogens is 470 g/mol. The van der Waals surface area contributed by atoms with Crippen LogP contribution in [-0.2, 0) is 18.9 Å². The van der Waals surface area contributed by atoms with Gasteiger partial charge in [0.05, 0.1) is 52.9 Å². The van der Waals surface area contributed by atoms with Gasteiger partial charge in [-0.1, -0.05) is 24.3 Å². The van der Waals surface area contributed by atoms with Gasteiger partial charge in [-0.05, 0) is 58.7 Å². The van der Waals surface area contributed by atoms with E-state index in [1.165, 1.54) is 24.3 Å². The van der Waals surface area contributed by atoms with Crippen LogP contribution in [0.15, 0.2) is 60.7 Å². The summed E-state index contributed by atoms with van der Waals surface area (Å²) in [7, 11) is 0. The summed E-state index contributed by atoms with van der Waals surface area (Å²) in [5.41, 5.74) is 3.18. The summed E-state index contributed by atoms with van der Waals surface area (Å²) >= 11 is 0. The number of ether oxygens (including phenoxy) is 6. The summed E-state index contributed by atoms with van der Waals surface area (Å²) in [6.45, 7) is 4.16. The van der Waals surface area contributed by atoms with Gasteiger partial charge in [-0.25, -0.2) is 8.78 Å². The highest BCUT2D eigenvalue weighted by molar-refractivity contribution is 5.86. The molecule has 3 aromatic carbocycles. The molecule has 0 aromatic heterocycles. The van der Waals surface area contributed by atoms with Gasteiger partial charge in [0.25, 0.3) is 0 Å². The third-order valence-corrected chi connectivity index (χ3v) is 5.48. The second-order valence-electron chi connectivity index (χ2n) is 8.00. The zero-order valence-electron chi connectivity index (χ0n) is 20.0. The Morgan fingerprint density at radius 2 is 0.722 bits per heavy atom. The van der Waals surface area contributed by atoms with Gasteiger partial charge in [0.2, 0.25) is 0 Å². The van der Waals surface area contributed by atoms with E-state index in [-0.39, 0.29) is 11.6 Å². The van der Waals surface area contributed by atoms with E-state index in [0.29, 0.717) is 77.6 Å². The van der Waals surface area contributed by atoms with Crippen LogP contribution in [0, 0.1) is 11.6 Å². The Labute approximate surface area is 209 Å². The molecule has 192 valence electrons. The summed E-state index contributed by atoms with van der Waals surface area (Å²) in [6.07, 6.45) is 0. The first kappa shape index (κ1) is 26.0. The first-order valence-electron chi connectivity index (χ1n) is 12.0. The molecule has 1 aliphatic heterocycles. The highest BCUT2D eigenvalue weighted by Crippen LogP contribution is 2.41. The summed E-state index contributed by atoms with van der Waals surface area (Å²) in [5.74, 6) is 0.378. The lowest BCUT2D eigenvalue weighted by Crippen LogP contribution is -2.16. The van der Waals surface area contributed by atoms with Crippen molar-refractivity contribution in [2.45, 2.75) is 0 Å². The fourth-order valence-corrected chi connectivity index (χ4v) is 3.71. The van der Waals surface area contributed by atoms with E-state index in [4.69, 9.17) is 28.4 Å². The summed E-state index contributed by atoms with van der Waals surface area (Å²) in [4.78, 5) is 0. The molecule has 36 heavy (non-hydrogen) atoms. The van der Waals surface area contributed by atoms with Crippen LogP contribution in [-0.4, -0.2) is 66.1 Å². The lowest BCUT2D eigenvalue weighted by Gasteiger charge is -2.19. The van der Waals surface area contributed by atoms with E-state index < -0.39 is 0 Å². The van der Waals surface area contributed by atoms with Gasteiger partial charge < -0.3 is 28.4 Å². The van der Waals surface area contributed by atoms with Crippen LogP contribution in [0.5, 0.6) is 11.5 Å². The molecule has 0 spiro atoms. The van der Waals surface area contributed by atoms with Crippen LogP contribution >= 0.6 is 0 Å². The Hall–Kier alpha value is -3.04. The molecule has 8 heteroatoms. The number of rotatable bonds is 2. The summed E-state index contributed by atoms with van der Waals surface area (Å²) in [5, 5.41) is 0. The van der Waals surface area contributed by atoms with Gasteiger partial charge in [0.1, 0.15) is 24.8 Å². The largest absolute Gasteiger partial charge is 0.487 e. The molecule has 0 bridgehead atoms. The average molecular weight is 501 g/mol. The van der Waals surface area contributed by atoms with Crippen LogP contribution < -0.4 is 9.47 Å². The minimum Gasteiger partial charge on any atom is -0.487 e. The Morgan fingerprint density at radius 3 is 1.06 bits per heavy atom. The number of hydrogen-bond acceptors (Lipinski definition) is 6. The molecular formula is C28H30F2O6. The average Bonchev–Trinajstić information content (AvgIpc) is 2.89. The van der Waals surface area contributed by atoms with E-state index in [1.807, 2.05) is 12.1 Å². The molecule has 0 radical (unpaired) electrons. The Bertz CT molecular complexity index is 986. The number of fused-ring (bicyclic) bond motifs is 1. The minimum absolute atomic E-state index is 0.300. The van der Waals surface area contributed by atoms with Crippen molar-refractivity contribution in [2.75, 3.05) is 66.1 Å². The maximum Gasteiger partial charge on any atom is 0.161 e. The molecule has 0 N–H and O–H groups in total. The molecule has 0 aliphatic carbocycles. The zero-order chi connectivity index (χ0) is 25.0. The lowest BCUT2D eigenvalue weighted by atomic mass is 9.94. The van der Waals surface area contributed by atoms with Crippen LogP contribution in [0.2, 0.25) is 0 Å². The smallest absolute Gasteiger partial charge is 0.161 e. The van der Waals surface area contributed by atoms with E-state index in [0.717, 1.165) is 22.3 Å². The van der Waals surface area contributed by atoms with E-state index in [9.17, 15) is 8.78 Å². The van der Waals surface area contributed by atoms with E-state index in [1.54, 1.807) is 24.3 Å². The van der Waals surface area contributed by atoms with Crippen molar-refractivity contribution in [1.82, 2.24) is 0 Å². The number of benzene rings is 3.